The lowest BCUT2D eigenvalue weighted by Gasteiger charge is -2.34. The minimum Gasteiger partial charge on any atom is -0.480 e. The van der Waals surface area contributed by atoms with Crippen molar-refractivity contribution in [2.45, 2.75) is 45.3 Å². The number of aliphatic carboxylic acids is 1. The molecule has 0 bridgehead atoms. The lowest BCUT2D eigenvalue weighted by molar-refractivity contribution is -0.153. The first-order chi connectivity index (χ1) is 8.41. The number of rotatable bonds is 5. The number of likely N-dealkylation sites (tertiary alicyclic amines) is 1. The Morgan fingerprint density at radius 1 is 1.39 bits per heavy atom. The minimum atomic E-state index is -1.07. The first-order valence-electron chi connectivity index (χ1n) is 6.33. The lowest BCUT2D eigenvalue weighted by atomic mass is 9.80. The fourth-order valence-corrected chi connectivity index (χ4v) is 2.51. The second kappa shape index (κ2) is 5.67. The molecule has 0 aliphatic carbocycles. The van der Waals surface area contributed by atoms with Crippen molar-refractivity contribution in [1.82, 2.24) is 4.90 Å². The smallest absolute Gasteiger partial charge is 0.326 e. The summed E-state index contributed by atoms with van der Waals surface area (Å²) in [5, 5.41) is 18.7. The van der Waals surface area contributed by atoms with Crippen molar-refractivity contribution in [2.75, 3.05) is 13.1 Å². The number of carboxylic acids is 1. The Bertz CT molecular complexity index is 320. The molecule has 0 spiro atoms. The standard InChI is InChI=1S/C12H22N2O4/c1-3-12(4-2,7-13)11(18)14-6-8(15)5-9(14)10(16)17/h8-9,15H,3-7,13H2,1-2H3,(H,16,17)/t8-,9-/m0/s1. The van der Waals surface area contributed by atoms with Crippen LogP contribution in [0, 0.1) is 5.41 Å². The average molecular weight is 258 g/mol. The topological polar surface area (TPSA) is 104 Å². The van der Waals surface area contributed by atoms with Gasteiger partial charge in [0, 0.05) is 19.5 Å². The SMILES string of the molecule is CCC(CC)(CN)C(=O)N1C[C@@H](O)C[C@H]1C(=O)O. The summed E-state index contributed by atoms with van der Waals surface area (Å²) in [5.41, 5.74) is 4.99. The highest BCUT2D eigenvalue weighted by Crippen LogP contribution is 2.31. The van der Waals surface area contributed by atoms with Gasteiger partial charge in [-0.3, -0.25) is 4.79 Å². The first-order valence-corrected chi connectivity index (χ1v) is 6.33. The van der Waals surface area contributed by atoms with Crippen LogP contribution < -0.4 is 5.73 Å². The van der Waals surface area contributed by atoms with Crippen LogP contribution in [0.2, 0.25) is 0 Å². The van der Waals surface area contributed by atoms with E-state index in [1.807, 2.05) is 13.8 Å². The number of aliphatic hydroxyl groups excluding tert-OH is 1. The maximum absolute atomic E-state index is 12.5. The van der Waals surface area contributed by atoms with Gasteiger partial charge >= 0.3 is 5.97 Å². The minimum absolute atomic E-state index is 0.0809. The zero-order valence-electron chi connectivity index (χ0n) is 10.9. The van der Waals surface area contributed by atoms with Crippen molar-refractivity contribution >= 4 is 11.9 Å². The Hall–Kier alpha value is -1.14. The van der Waals surface area contributed by atoms with E-state index in [4.69, 9.17) is 10.8 Å². The third-order valence-corrected chi connectivity index (χ3v) is 4.02. The van der Waals surface area contributed by atoms with E-state index in [1.165, 1.54) is 4.90 Å². The van der Waals surface area contributed by atoms with Gasteiger partial charge in [0.25, 0.3) is 0 Å². The van der Waals surface area contributed by atoms with Crippen molar-refractivity contribution in [1.29, 1.82) is 0 Å². The molecule has 1 saturated heterocycles. The van der Waals surface area contributed by atoms with Crippen LogP contribution in [0.25, 0.3) is 0 Å². The number of carbonyl (C=O) groups excluding carboxylic acids is 1. The molecule has 0 saturated carbocycles. The summed E-state index contributed by atoms with van der Waals surface area (Å²) < 4.78 is 0. The van der Waals surface area contributed by atoms with Crippen molar-refractivity contribution in [3.8, 4) is 0 Å². The molecule has 6 nitrogen and oxygen atoms in total. The van der Waals surface area contributed by atoms with Crippen LogP contribution in [0.15, 0.2) is 0 Å². The zero-order valence-corrected chi connectivity index (χ0v) is 10.9. The fourth-order valence-electron chi connectivity index (χ4n) is 2.51. The summed E-state index contributed by atoms with van der Waals surface area (Å²) in [6, 6.07) is -0.934. The molecule has 1 fully saturated rings. The van der Waals surface area contributed by atoms with Crippen LogP contribution >= 0.6 is 0 Å². The molecular formula is C12H22N2O4. The highest BCUT2D eigenvalue weighted by molar-refractivity contribution is 5.88. The van der Waals surface area contributed by atoms with E-state index < -0.39 is 23.5 Å². The van der Waals surface area contributed by atoms with Gasteiger partial charge in [0.15, 0.2) is 0 Å². The monoisotopic (exact) mass is 258 g/mol. The number of carboxylic acid groups (broad SMARTS) is 1. The number of hydrogen-bond acceptors (Lipinski definition) is 4. The normalized spacial score (nSPS) is 24.3. The molecule has 0 aromatic rings. The number of aliphatic hydroxyl groups is 1. The van der Waals surface area contributed by atoms with Crippen LogP contribution in [0.4, 0.5) is 0 Å². The van der Waals surface area contributed by atoms with Crippen molar-refractivity contribution in [2.24, 2.45) is 11.1 Å². The molecule has 0 aromatic carbocycles. The number of carbonyl (C=O) groups is 2. The van der Waals surface area contributed by atoms with Crippen molar-refractivity contribution in [3.05, 3.63) is 0 Å². The van der Waals surface area contributed by atoms with E-state index in [2.05, 4.69) is 0 Å². The van der Waals surface area contributed by atoms with E-state index >= 15 is 0 Å². The summed E-state index contributed by atoms with van der Waals surface area (Å²) >= 11 is 0. The van der Waals surface area contributed by atoms with Crippen LogP contribution in [-0.4, -0.2) is 52.2 Å². The summed E-state index contributed by atoms with van der Waals surface area (Å²) in [5.74, 6) is -1.32. The molecule has 4 N–H and O–H groups in total. The number of nitrogens with two attached hydrogens (primary N) is 1. The average Bonchev–Trinajstić information content (AvgIpc) is 2.74. The highest BCUT2D eigenvalue weighted by atomic mass is 16.4. The maximum Gasteiger partial charge on any atom is 0.326 e. The van der Waals surface area contributed by atoms with Crippen molar-refractivity contribution in [3.63, 3.8) is 0 Å². The highest BCUT2D eigenvalue weighted by Gasteiger charge is 2.45. The number of amides is 1. The Morgan fingerprint density at radius 3 is 2.33 bits per heavy atom. The van der Waals surface area contributed by atoms with Crippen LogP contribution in [-0.2, 0) is 9.59 Å². The van der Waals surface area contributed by atoms with Gasteiger partial charge in [-0.05, 0) is 12.8 Å². The van der Waals surface area contributed by atoms with Gasteiger partial charge in [-0.1, -0.05) is 13.8 Å². The molecule has 2 atom stereocenters. The second-order valence-electron chi connectivity index (χ2n) is 4.89. The van der Waals surface area contributed by atoms with Crippen molar-refractivity contribution < 1.29 is 19.8 Å². The van der Waals surface area contributed by atoms with E-state index in [-0.39, 0.29) is 25.4 Å². The molecule has 1 aliphatic heterocycles. The Morgan fingerprint density at radius 2 is 1.94 bits per heavy atom. The van der Waals surface area contributed by atoms with Gasteiger partial charge in [0.05, 0.1) is 11.5 Å². The van der Waals surface area contributed by atoms with Gasteiger partial charge in [-0.2, -0.15) is 0 Å². The number of nitrogens with zero attached hydrogens (tertiary/aromatic N) is 1. The van der Waals surface area contributed by atoms with Gasteiger partial charge in [0.2, 0.25) is 5.91 Å². The summed E-state index contributed by atoms with van der Waals surface area (Å²) in [7, 11) is 0. The molecule has 18 heavy (non-hydrogen) atoms. The number of β-amino-alcohol motifs (C(OH)–C–C–N with tert-alkyl or cyclic N) is 1. The maximum atomic E-state index is 12.5. The molecule has 1 heterocycles. The molecule has 0 radical (unpaired) electrons. The van der Waals surface area contributed by atoms with E-state index in [0.29, 0.717) is 12.8 Å². The molecule has 6 heteroatoms. The Labute approximate surface area is 107 Å². The third-order valence-electron chi connectivity index (χ3n) is 4.02. The summed E-state index contributed by atoms with van der Waals surface area (Å²) in [6.07, 6.45) is 0.462. The van der Waals surface area contributed by atoms with Gasteiger partial charge in [-0.15, -0.1) is 0 Å². The van der Waals surface area contributed by atoms with Crippen LogP contribution in [0.3, 0.4) is 0 Å². The molecule has 0 unspecified atom stereocenters. The molecule has 1 aliphatic rings. The third kappa shape index (κ3) is 2.49. The largest absolute Gasteiger partial charge is 0.480 e. The van der Waals surface area contributed by atoms with Gasteiger partial charge in [0.1, 0.15) is 6.04 Å². The lowest BCUT2D eigenvalue weighted by Crippen LogP contribution is -2.51. The zero-order chi connectivity index (χ0) is 13.9. The summed E-state index contributed by atoms with van der Waals surface area (Å²) in [4.78, 5) is 24.9. The van der Waals surface area contributed by atoms with Crippen LogP contribution in [0.1, 0.15) is 33.1 Å². The first kappa shape index (κ1) is 14.9. The Kier molecular flexibility index (Phi) is 4.70. The molecule has 104 valence electrons. The second-order valence-corrected chi connectivity index (χ2v) is 4.89. The number of hydrogen-bond donors (Lipinski definition) is 3. The van der Waals surface area contributed by atoms with E-state index in [9.17, 15) is 14.7 Å². The molecule has 1 amide bonds. The predicted molar refractivity (Wildman–Crippen MR) is 65.8 cm³/mol. The molecule has 0 aromatic heterocycles. The fraction of sp³-hybridized carbons (Fsp3) is 0.833. The van der Waals surface area contributed by atoms with E-state index in [0.717, 1.165) is 0 Å². The molecule has 1 rings (SSSR count). The summed E-state index contributed by atoms with van der Waals surface area (Å²) in [6.45, 7) is 4.02. The predicted octanol–water partition coefficient (Wildman–Crippen LogP) is -0.202. The van der Waals surface area contributed by atoms with Gasteiger partial charge < -0.3 is 20.8 Å². The molecular weight excluding hydrogens is 236 g/mol. The van der Waals surface area contributed by atoms with Gasteiger partial charge in [-0.25, -0.2) is 4.79 Å². The van der Waals surface area contributed by atoms with E-state index in [1.54, 1.807) is 0 Å². The Balaban J connectivity index is 2.97. The van der Waals surface area contributed by atoms with Crippen LogP contribution in [0.5, 0.6) is 0 Å². The quantitative estimate of drug-likeness (QED) is 0.633.